The lowest BCUT2D eigenvalue weighted by atomic mass is 9.77. The van der Waals surface area contributed by atoms with E-state index in [2.05, 4.69) is 12.2 Å². The third-order valence-electron chi connectivity index (χ3n) is 7.76. The van der Waals surface area contributed by atoms with Gasteiger partial charge in [0.25, 0.3) is 0 Å². The van der Waals surface area contributed by atoms with Crippen molar-refractivity contribution >= 4 is 11.9 Å². The number of aliphatic hydroxyl groups excluding tert-OH is 1. The van der Waals surface area contributed by atoms with Gasteiger partial charge in [-0.3, -0.25) is 9.59 Å². The van der Waals surface area contributed by atoms with Gasteiger partial charge < -0.3 is 20.3 Å². The molecule has 3 N–H and O–H groups in total. The minimum absolute atomic E-state index is 0.119. The third kappa shape index (κ3) is 17.3. The van der Waals surface area contributed by atoms with Crippen LogP contribution in [0.15, 0.2) is 0 Å². The lowest BCUT2D eigenvalue weighted by Gasteiger charge is -2.31. The molecule has 2 aliphatic rings. The summed E-state index contributed by atoms with van der Waals surface area (Å²) < 4.78 is 5.96. The Morgan fingerprint density at radius 3 is 2.06 bits per heavy atom. The Hall–Kier alpha value is -1.14. The maximum Gasteiger partial charge on any atom is 0.309 e. The Morgan fingerprint density at radius 2 is 1.42 bits per heavy atom. The van der Waals surface area contributed by atoms with Crippen LogP contribution >= 0.6 is 0 Å². The van der Waals surface area contributed by atoms with Gasteiger partial charge in [0.2, 0.25) is 0 Å². The van der Waals surface area contributed by atoms with Crippen LogP contribution in [0.1, 0.15) is 142 Å². The van der Waals surface area contributed by atoms with Crippen LogP contribution in [0, 0.1) is 11.8 Å². The largest absolute Gasteiger partial charge is 0.481 e. The predicted molar refractivity (Wildman–Crippen MR) is 147 cm³/mol. The van der Waals surface area contributed by atoms with E-state index in [0.29, 0.717) is 18.9 Å². The van der Waals surface area contributed by atoms with Crippen molar-refractivity contribution in [2.45, 2.75) is 148 Å². The molecule has 212 valence electrons. The van der Waals surface area contributed by atoms with Gasteiger partial charge in [0.1, 0.15) is 6.10 Å². The number of carbonyl (C=O) groups is 2. The topological polar surface area (TPSA) is 95.9 Å². The van der Waals surface area contributed by atoms with Crippen LogP contribution in [0.25, 0.3) is 0 Å². The van der Waals surface area contributed by atoms with Gasteiger partial charge in [-0.2, -0.15) is 0 Å². The minimum atomic E-state index is -0.670. The SMILES string of the molecule is CCCCCCCC(=O)O.O=C(OC1CCCCC1)C(CCCCCCNCCO)C1CCCCC1. The normalized spacial score (nSPS) is 17.7. The molecule has 0 radical (unpaired) electrons. The highest BCUT2D eigenvalue weighted by atomic mass is 16.5. The van der Waals surface area contributed by atoms with E-state index in [-0.39, 0.29) is 24.6 Å². The molecule has 6 nitrogen and oxygen atoms in total. The summed E-state index contributed by atoms with van der Waals surface area (Å²) in [5.41, 5.74) is 0. The van der Waals surface area contributed by atoms with Crippen LogP contribution in [0.3, 0.4) is 0 Å². The van der Waals surface area contributed by atoms with Crippen molar-refractivity contribution in [3.05, 3.63) is 0 Å². The van der Waals surface area contributed by atoms with Crippen LogP contribution in [-0.4, -0.2) is 48.0 Å². The maximum absolute atomic E-state index is 12.9. The highest BCUT2D eigenvalue weighted by molar-refractivity contribution is 5.73. The number of esters is 1. The van der Waals surface area contributed by atoms with E-state index in [1.165, 1.54) is 83.5 Å². The van der Waals surface area contributed by atoms with E-state index in [0.717, 1.165) is 51.5 Å². The Morgan fingerprint density at radius 1 is 0.806 bits per heavy atom. The quantitative estimate of drug-likeness (QED) is 0.135. The number of unbranched alkanes of at least 4 members (excludes halogenated alkanes) is 7. The minimum Gasteiger partial charge on any atom is -0.481 e. The van der Waals surface area contributed by atoms with Crippen LogP contribution in [0.5, 0.6) is 0 Å². The third-order valence-corrected chi connectivity index (χ3v) is 7.76. The molecule has 36 heavy (non-hydrogen) atoms. The van der Waals surface area contributed by atoms with Crippen LogP contribution in [0.2, 0.25) is 0 Å². The molecule has 2 aliphatic carbocycles. The molecule has 1 atom stereocenters. The van der Waals surface area contributed by atoms with Gasteiger partial charge >= 0.3 is 11.9 Å². The zero-order valence-electron chi connectivity index (χ0n) is 23.3. The number of hydrogen-bond acceptors (Lipinski definition) is 5. The van der Waals surface area contributed by atoms with Gasteiger partial charge in [-0.1, -0.05) is 77.6 Å². The molecule has 0 aliphatic heterocycles. The van der Waals surface area contributed by atoms with Crippen molar-refractivity contribution in [1.82, 2.24) is 5.32 Å². The van der Waals surface area contributed by atoms with E-state index >= 15 is 0 Å². The molecule has 0 spiro atoms. The summed E-state index contributed by atoms with van der Waals surface area (Å²) in [7, 11) is 0. The van der Waals surface area contributed by atoms with E-state index < -0.39 is 5.97 Å². The fourth-order valence-electron chi connectivity index (χ4n) is 5.57. The Labute approximate surface area is 221 Å². The van der Waals surface area contributed by atoms with Gasteiger partial charge in [0.05, 0.1) is 12.5 Å². The molecule has 2 rings (SSSR count). The van der Waals surface area contributed by atoms with Gasteiger partial charge in [0.15, 0.2) is 0 Å². The van der Waals surface area contributed by atoms with Gasteiger partial charge in [-0.15, -0.1) is 0 Å². The fourth-order valence-corrected chi connectivity index (χ4v) is 5.57. The number of carboxylic acids is 1. The van der Waals surface area contributed by atoms with Crippen molar-refractivity contribution in [2.24, 2.45) is 11.8 Å². The zero-order chi connectivity index (χ0) is 26.3. The van der Waals surface area contributed by atoms with Gasteiger partial charge in [-0.25, -0.2) is 0 Å². The van der Waals surface area contributed by atoms with E-state index in [1.807, 2.05) is 0 Å². The van der Waals surface area contributed by atoms with E-state index in [1.54, 1.807) is 0 Å². The Bertz CT molecular complexity index is 529. The van der Waals surface area contributed by atoms with Crippen molar-refractivity contribution in [3.63, 3.8) is 0 Å². The van der Waals surface area contributed by atoms with Crippen LogP contribution in [-0.2, 0) is 14.3 Å². The Balaban J connectivity index is 0.000000548. The highest BCUT2D eigenvalue weighted by Gasteiger charge is 2.32. The van der Waals surface area contributed by atoms with Crippen molar-refractivity contribution < 1.29 is 24.5 Å². The average Bonchev–Trinajstić information content (AvgIpc) is 2.89. The summed E-state index contributed by atoms with van der Waals surface area (Å²) in [6.07, 6.45) is 24.0. The van der Waals surface area contributed by atoms with Crippen molar-refractivity contribution in [1.29, 1.82) is 0 Å². The molecule has 2 fully saturated rings. The molecule has 2 saturated carbocycles. The number of nitrogens with one attached hydrogen (secondary N) is 1. The first kappa shape index (κ1) is 32.9. The number of carboxylic acid groups (broad SMARTS) is 1. The zero-order valence-corrected chi connectivity index (χ0v) is 23.3. The van der Waals surface area contributed by atoms with Gasteiger partial charge in [-0.05, 0) is 70.3 Å². The summed E-state index contributed by atoms with van der Waals surface area (Å²) >= 11 is 0. The lowest BCUT2D eigenvalue weighted by molar-refractivity contribution is -0.158. The number of aliphatic hydroxyl groups is 1. The number of carbonyl (C=O) groups excluding carboxylic acids is 1. The summed E-state index contributed by atoms with van der Waals surface area (Å²) in [6, 6.07) is 0. The first-order chi connectivity index (χ1) is 17.6. The molecular formula is C30H57NO5. The van der Waals surface area contributed by atoms with Gasteiger partial charge in [0, 0.05) is 13.0 Å². The fraction of sp³-hybridized carbons (Fsp3) is 0.933. The molecular weight excluding hydrogens is 454 g/mol. The predicted octanol–water partition coefficient (Wildman–Crippen LogP) is 7.02. The smallest absolute Gasteiger partial charge is 0.309 e. The van der Waals surface area contributed by atoms with E-state index in [4.69, 9.17) is 14.9 Å². The number of ether oxygens (including phenoxy) is 1. The standard InChI is InChI=1S/C22H41NO3.C8H16O2/c24-18-17-23-16-10-2-1-9-15-21(19-11-5-3-6-12-19)22(25)26-20-13-7-4-8-14-20;1-2-3-4-5-6-7-8(9)10/h19-21,23-24H,1-18H2;2-7H2,1H3,(H,9,10). The second-order valence-corrected chi connectivity index (χ2v) is 10.9. The van der Waals surface area contributed by atoms with Crippen LogP contribution in [0.4, 0.5) is 0 Å². The Kier molecular flexibility index (Phi) is 21.0. The second-order valence-electron chi connectivity index (χ2n) is 10.9. The molecule has 0 saturated heterocycles. The van der Waals surface area contributed by atoms with E-state index in [9.17, 15) is 9.59 Å². The summed E-state index contributed by atoms with van der Waals surface area (Å²) in [6.45, 7) is 4.04. The summed E-state index contributed by atoms with van der Waals surface area (Å²) in [5, 5.41) is 20.3. The first-order valence-corrected chi connectivity index (χ1v) is 15.3. The maximum atomic E-state index is 12.9. The molecule has 0 aromatic heterocycles. The lowest BCUT2D eigenvalue weighted by Crippen LogP contribution is -2.31. The second kappa shape index (κ2) is 23.0. The van der Waals surface area contributed by atoms with Crippen LogP contribution < -0.4 is 5.32 Å². The highest BCUT2D eigenvalue weighted by Crippen LogP contribution is 2.34. The average molecular weight is 512 g/mol. The summed E-state index contributed by atoms with van der Waals surface area (Å²) in [5.74, 6) is 0.153. The number of aliphatic carboxylic acids is 1. The number of rotatable bonds is 18. The van der Waals surface area contributed by atoms with Crippen molar-refractivity contribution in [2.75, 3.05) is 19.7 Å². The molecule has 0 heterocycles. The number of hydrogen-bond donors (Lipinski definition) is 3. The summed E-state index contributed by atoms with van der Waals surface area (Å²) in [4.78, 5) is 22.9. The molecule has 0 aromatic rings. The van der Waals surface area contributed by atoms with Crippen molar-refractivity contribution in [3.8, 4) is 0 Å². The molecule has 0 amide bonds. The molecule has 0 bridgehead atoms. The first-order valence-electron chi connectivity index (χ1n) is 15.3. The molecule has 0 aromatic carbocycles. The molecule has 1 unspecified atom stereocenters. The molecule has 6 heteroatoms. The monoisotopic (exact) mass is 511 g/mol.